The van der Waals surface area contributed by atoms with Crippen LogP contribution in [0, 0.1) is 5.92 Å². The second-order valence-corrected chi connectivity index (χ2v) is 5.79. The predicted octanol–water partition coefficient (Wildman–Crippen LogP) is 0.115. The number of nitrogens with one attached hydrogen (secondary N) is 1. The van der Waals surface area contributed by atoms with Gasteiger partial charge in [0.2, 0.25) is 5.91 Å². The Bertz CT molecular complexity index is 258. The monoisotopic (exact) mass is 270 g/mol. The summed E-state index contributed by atoms with van der Waals surface area (Å²) < 4.78 is 0. The molecule has 0 spiro atoms. The molecule has 1 aliphatic rings. The van der Waals surface area contributed by atoms with Gasteiger partial charge in [-0.3, -0.25) is 9.69 Å². The highest BCUT2D eigenvalue weighted by atomic mass is 16.2. The average molecular weight is 270 g/mol. The highest BCUT2D eigenvalue weighted by Gasteiger charge is 2.16. The van der Waals surface area contributed by atoms with Crippen molar-refractivity contribution in [1.29, 1.82) is 0 Å². The van der Waals surface area contributed by atoms with Gasteiger partial charge in [-0.25, -0.2) is 0 Å². The van der Waals surface area contributed by atoms with Crippen molar-refractivity contribution in [2.45, 2.75) is 26.7 Å². The summed E-state index contributed by atoms with van der Waals surface area (Å²) in [4.78, 5) is 16.5. The third kappa shape index (κ3) is 7.50. The molecule has 0 aliphatic carbocycles. The standard InChI is InChI=1S/C14H30N4O/c1-13(2)4-6-16-14(19)12-18-8-3-7-17(9-5-15)10-11-18/h13H,3-12,15H2,1-2H3,(H,16,19). The van der Waals surface area contributed by atoms with Crippen molar-refractivity contribution in [2.24, 2.45) is 11.7 Å². The summed E-state index contributed by atoms with van der Waals surface area (Å²) in [6, 6.07) is 0. The maximum atomic E-state index is 11.8. The molecule has 1 rings (SSSR count). The summed E-state index contributed by atoms with van der Waals surface area (Å²) in [5.74, 6) is 0.802. The molecule has 1 aliphatic heterocycles. The minimum absolute atomic E-state index is 0.160. The topological polar surface area (TPSA) is 61.6 Å². The summed E-state index contributed by atoms with van der Waals surface area (Å²) in [6.45, 7) is 11.5. The molecule has 19 heavy (non-hydrogen) atoms. The first-order valence-electron chi connectivity index (χ1n) is 7.53. The van der Waals surface area contributed by atoms with Gasteiger partial charge in [0.05, 0.1) is 6.54 Å². The Balaban J connectivity index is 2.19. The maximum absolute atomic E-state index is 11.8. The fourth-order valence-corrected chi connectivity index (χ4v) is 2.35. The van der Waals surface area contributed by atoms with Crippen molar-refractivity contribution in [3.05, 3.63) is 0 Å². The lowest BCUT2D eigenvalue weighted by atomic mass is 10.1. The van der Waals surface area contributed by atoms with E-state index >= 15 is 0 Å². The third-order valence-electron chi connectivity index (χ3n) is 3.54. The molecular formula is C14H30N4O. The molecule has 0 saturated carbocycles. The fourth-order valence-electron chi connectivity index (χ4n) is 2.35. The first-order valence-corrected chi connectivity index (χ1v) is 7.53. The van der Waals surface area contributed by atoms with Gasteiger partial charge in [-0.2, -0.15) is 0 Å². The van der Waals surface area contributed by atoms with E-state index in [1.165, 1.54) is 0 Å². The van der Waals surface area contributed by atoms with Gasteiger partial charge < -0.3 is 16.0 Å². The summed E-state index contributed by atoms with van der Waals surface area (Å²) >= 11 is 0. The molecule has 1 heterocycles. The number of amides is 1. The molecule has 1 amide bonds. The van der Waals surface area contributed by atoms with Gasteiger partial charge in [0.1, 0.15) is 0 Å². The van der Waals surface area contributed by atoms with Crippen LogP contribution < -0.4 is 11.1 Å². The minimum atomic E-state index is 0.160. The maximum Gasteiger partial charge on any atom is 0.234 e. The Kier molecular flexibility index (Phi) is 8.02. The van der Waals surface area contributed by atoms with Crippen molar-refractivity contribution in [3.63, 3.8) is 0 Å². The van der Waals surface area contributed by atoms with Gasteiger partial charge in [0, 0.05) is 32.7 Å². The van der Waals surface area contributed by atoms with Crippen molar-refractivity contribution >= 4 is 5.91 Å². The molecule has 5 nitrogen and oxygen atoms in total. The Labute approximate surface area is 117 Å². The Morgan fingerprint density at radius 3 is 2.58 bits per heavy atom. The van der Waals surface area contributed by atoms with Crippen LogP contribution in [0.5, 0.6) is 0 Å². The Morgan fingerprint density at radius 2 is 1.89 bits per heavy atom. The average Bonchev–Trinajstić information content (AvgIpc) is 2.55. The first-order chi connectivity index (χ1) is 9.11. The van der Waals surface area contributed by atoms with Crippen molar-refractivity contribution in [3.8, 4) is 0 Å². The van der Waals surface area contributed by atoms with Crippen molar-refractivity contribution in [1.82, 2.24) is 15.1 Å². The van der Waals surface area contributed by atoms with E-state index in [0.29, 0.717) is 12.5 Å². The number of nitrogens with zero attached hydrogens (tertiary/aromatic N) is 2. The Morgan fingerprint density at radius 1 is 1.21 bits per heavy atom. The summed E-state index contributed by atoms with van der Waals surface area (Å²) in [5.41, 5.74) is 5.59. The summed E-state index contributed by atoms with van der Waals surface area (Å²) in [7, 11) is 0. The van der Waals surface area contributed by atoms with Gasteiger partial charge in [-0.15, -0.1) is 0 Å². The number of carbonyl (C=O) groups is 1. The van der Waals surface area contributed by atoms with Gasteiger partial charge >= 0.3 is 0 Å². The van der Waals surface area contributed by atoms with E-state index in [2.05, 4.69) is 29.0 Å². The molecule has 112 valence electrons. The van der Waals surface area contributed by atoms with Crippen molar-refractivity contribution in [2.75, 3.05) is 52.4 Å². The van der Waals surface area contributed by atoms with Crippen LogP contribution in [0.1, 0.15) is 26.7 Å². The van der Waals surface area contributed by atoms with Crippen LogP contribution in [0.25, 0.3) is 0 Å². The molecule has 0 bridgehead atoms. The minimum Gasteiger partial charge on any atom is -0.355 e. The fraction of sp³-hybridized carbons (Fsp3) is 0.929. The molecule has 0 aromatic rings. The zero-order valence-corrected chi connectivity index (χ0v) is 12.5. The quantitative estimate of drug-likeness (QED) is 0.689. The Hall–Kier alpha value is -0.650. The van der Waals surface area contributed by atoms with Gasteiger partial charge in [0.15, 0.2) is 0 Å². The zero-order chi connectivity index (χ0) is 14.1. The van der Waals surface area contributed by atoms with Crippen LogP contribution in [-0.4, -0.2) is 68.1 Å². The summed E-state index contributed by atoms with van der Waals surface area (Å²) in [6.07, 6.45) is 2.18. The SMILES string of the molecule is CC(C)CCNC(=O)CN1CCCN(CCN)CC1. The summed E-state index contributed by atoms with van der Waals surface area (Å²) in [5, 5.41) is 3.00. The number of nitrogens with two attached hydrogens (primary N) is 1. The van der Waals surface area contributed by atoms with Gasteiger partial charge in [-0.05, 0) is 31.8 Å². The number of rotatable bonds is 7. The second-order valence-electron chi connectivity index (χ2n) is 5.79. The second kappa shape index (κ2) is 9.28. The highest BCUT2D eigenvalue weighted by Crippen LogP contribution is 2.02. The van der Waals surface area contributed by atoms with Crippen molar-refractivity contribution < 1.29 is 4.79 Å². The van der Waals surface area contributed by atoms with Crippen LogP contribution in [-0.2, 0) is 4.79 Å². The lowest BCUT2D eigenvalue weighted by Gasteiger charge is -2.21. The van der Waals surface area contributed by atoms with E-state index in [1.54, 1.807) is 0 Å². The molecule has 5 heteroatoms. The molecule has 0 aromatic carbocycles. The van der Waals surface area contributed by atoms with E-state index in [1.807, 2.05) is 0 Å². The van der Waals surface area contributed by atoms with Crippen LogP contribution in [0.15, 0.2) is 0 Å². The normalized spacial score (nSPS) is 18.5. The van der Waals surface area contributed by atoms with E-state index < -0.39 is 0 Å². The van der Waals surface area contributed by atoms with Crippen LogP contribution in [0.2, 0.25) is 0 Å². The van der Waals surface area contributed by atoms with E-state index in [4.69, 9.17) is 5.73 Å². The lowest BCUT2D eigenvalue weighted by Crippen LogP contribution is -2.40. The van der Waals surface area contributed by atoms with Crippen LogP contribution >= 0.6 is 0 Å². The predicted molar refractivity (Wildman–Crippen MR) is 79.0 cm³/mol. The molecule has 3 N–H and O–H groups in total. The third-order valence-corrected chi connectivity index (χ3v) is 3.54. The molecule has 0 atom stereocenters. The number of carbonyl (C=O) groups excluding carboxylic acids is 1. The van der Waals surface area contributed by atoms with E-state index in [-0.39, 0.29) is 5.91 Å². The largest absolute Gasteiger partial charge is 0.355 e. The smallest absolute Gasteiger partial charge is 0.234 e. The van der Waals surface area contributed by atoms with E-state index in [9.17, 15) is 4.79 Å². The molecule has 0 aromatic heterocycles. The van der Waals surface area contributed by atoms with Crippen LogP contribution in [0.3, 0.4) is 0 Å². The highest BCUT2D eigenvalue weighted by molar-refractivity contribution is 5.77. The number of hydrogen-bond donors (Lipinski definition) is 2. The van der Waals surface area contributed by atoms with Gasteiger partial charge in [-0.1, -0.05) is 13.8 Å². The van der Waals surface area contributed by atoms with Crippen LogP contribution in [0.4, 0.5) is 0 Å². The molecule has 0 unspecified atom stereocenters. The zero-order valence-electron chi connectivity index (χ0n) is 12.5. The first kappa shape index (κ1) is 16.4. The molecule has 1 saturated heterocycles. The molecule has 0 radical (unpaired) electrons. The molecule has 1 fully saturated rings. The van der Waals surface area contributed by atoms with Gasteiger partial charge in [0.25, 0.3) is 0 Å². The number of hydrogen-bond acceptors (Lipinski definition) is 4. The lowest BCUT2D eigenvalue weighted by molar-refractivity contribution is -0.122. The van der Waals surface area contributed by atoms with E-state index in [0.717, 1.165) is 58.7 Å². The molecular weight excluding hydrogens is 240 g/mol.